The van der Waals surface area contributed by atoms with E-state index < -0.39 is 30.7 Å². The van der Waals surface area contributed by atoms with E-state index in [2.05, 4.69) is 9.47 Å². The molecule has 1 atom stereocenters. The first-order valence-corrected chi connectivity index (χ1v) is 3.28. The van der Waals surface area contributed by atoms with Gasteiger partial charge in [0.25, 0.3) is 5.83 Å². The second-order valence-corrected chi connectivity index (χ2v) is 2.35. The first-order valence-electron chi connectivity index (χ1n) is 3.28. The summed E-state index contributed by atoms with van der Waals surface area (Å²) in [6, 6.07) is -2.25. The number of halogens is 5. The molecule has 1 rings (SSSR count). The van der Waals surface area contributed by atoms with E-state index in [0.29, 0.717) is 6.61 Å². The quantitative estimate of drug-likeness (QED) is 0.398. The van der Waals surface area contributed by atoms with Crippen molar-refractivity contribution in [1.29, 1.82) is 0 Å². The van der Waals surface area contributed by atoms with Crippen LogP contribution in [0.15, 0.2) is 11.8 Å². The van der Waals surface area contributed by atoms with E-state index in [1.165, 1.54) is 0 Å². The van der Waals surface area contributed by atoms with Gasteiger partial charge in [0, 0.05) is 0 Å². The van der Waals surface area contributed by atoms with Gasteiger partial charge in [-0.1, -0.05) is 0 Å². The lowest BCUT2D eigenvalue weighted by atomic mass is 10.5. The molecule has 0 spiro atoms. The summed E-state index contributed by atoms with van der Waals surface area (Å²) in [5, 5.41) is 0. The van der Waals surface area contributed by atoms with Gasteiger partial charge in [0.1, 0.15) is 12.7 Å². The molecule has 0 N–H and O–H groups in total. The lowest BCUT2D eigenvalue weighted by Crippen LogP contribution is -2.11. The lowest BCUT2D eigenvalue weighted by molar-refractivity contribution is -0.116. The normalized spacial score (nSPS) is 23.9. The molecule has 0 aromatic carbocycles. The average Bonchev–Trinajstić information content (AvgIpc) is 2.80. The van der Waals surface area contributed by atoms with Crippen LogP contribution >= 0.6 is 0 Å². The topological polar surface area (TPSA) is 21.8 Å². The Hall–Kier alpha value is -0.850. The number of alkyl halides is 3. The molecule has 0 saturated carbocycles. The minimum atomic E-state index is -5.34. The SMILES string of the molecule is FC(OCC1CO1)=C(F)C(F)(F)F. The van der Waals surface area contributed by atoms with Crippen LogP contribution in [0.1, 0.15) is 0 Å². The van der Waals surface area contributed by atoms with Crippen LogP contribution in [0.2, 0.25) is 0 Å². The molecule has 1 heterocycles. The van der Waals surface area contributed by atoms with Gasteiger partial charge in [-0.3, -0.25) is 0 Å². The van der Waals surface area contributed by atoms with Crippen LogP contribution in [-0.4, -0.2) is 25.5 Å². The van der Waals surface area contributed by atoms with Gasteiger partial charge in [-0.2, -0.15) is 22.0 Å². The maximum Gasteiger partial charge on any atom is 0.449 e. The largest absolute Gasteiger partial charge is 0.466 e. The molecule has 1 aliphatic heterocycles. The van der Waals surface area contributed by atoms with Crippen LogP contribution in [0.3, 0.4) is 0 Å². The van der Waals surface area contributed by atoms with Gasteiger partial charge in [-0.05, 0) is 0 Å². The summed E-state index contributed by atoms with van der Waals surface area (Å²) in [4.78, 5) is 0. The van der Waals surface area contributed by atoms with Gasteiger partial charge in [0.15, 0.2) is 0 Å². The van der Waals surface area contributed by atoms with Crippen molar-refractivity contribution in [2.75, 3.05) is 13.2 Å². The molecular weight excluding hydrogens is 199 g/mol. The molecular formula is C6H5F5O2. The highest BCUT2D eigenvalue weighted by molar-refractivity contribution is 5.00. The number of hydrogen-bond acceptors (Lipinski definition) is 2. The Morgan fingerprint density at radius 1 is 1.38 bits per heavy atom. The minimum absolute atomic E-state index is 0.293. The van der Waals surface area contributed by atoms with Crippen LogP contribution in [0.4, 0.5) is 22.0 Å². The third-order valence-electron chi connectivity index (χ3n) is 1.22. The van der Waals surface area contributed by atoms with Crippen molar-refractivity contribution in [3.8, 4) is 0 Å². The zero-order valence-electron chi connectivity index (χ0n) is 6.20. The Balaban J connectivity index is 2.45. The summed E-state index contributed by atoms with van der Waals surface area (Å²) in [6.07, 6.45) is -5.76. The van der Waals surface area contributed by atoms with Crippen molar-refractivity contribution < 1.29 is 31.4 Å². The van der Waals surface area contributed by atoms with Gasteiger partial charge in [-0.15, -0.1) is 0 Å². The highest BCUT2D eigenvalue weighted by atomic mass is 19.4. The second kappa shape index (κ2) is 3.49. The summed E-state index contributed by atoms with van der Waals surface area (Å²) >= 11 is 0. The van der Waals surface area contributed by atoms with Crippen LogP contribution in [0.25, 0.3) is 0 Å². The maximum atomic E-state index is 12.2. The molecule has 13 heavy (non-hydrogen) atoms. The van der Waals surface area contributed by atoms with Crippen LogP contribution in [0, 0.1) is 0 Å². The Bertz CT molecular complexity index is 218. The maximum absolute atomic E-state index is 12.2. The molecule has 0 amide bonds. The number of hydrogen-bond donors (Lipinski definition) is 0. The highest BCUT2D eigenvalue weighted by Crippen LogP contribution is 2.30. The van der Waals surface area contributed by atoms with Crippen molar-refractivity contribution >= 4 is 0 Å². The van der Waals surface area contributed by atoms with Gasteiger partial charge < -0.3 is 9.47 Å². The van der Waals surface area contributed by atoms with E-state index in [1.54, 1.807) is 0 Å². The number of epoxide rings is 1. The zero-order chi connectivity index (χ0) is 10.1. The van der Waals surface area contributed by atoms with E-state index in [-0.39, 0.29) is 0 Å². The third kappa shape index (κ3) is 3.17. The average molecular weight is 204 g/mol. The Morgan fingerprint density at radius 2 is 1.92 bits per heavy atom. The molecule has 1 saturated heterocycles. The molecule has 0 radical (unpaired) electrons. The fourth-order valence-corrected chi connectivity index (χ4v) is 0.505. The molecule has 0 bridgehead atoms. The molecule has 76 valence electrons. The van der Waals surface area contributed by atoms with E-state index in [4.69, 9.17) is 0 Å². The van der Waals surface area contributed by atoms with Gasteiger partial charge in [-0.25, -0.2) is 0 Å². The van der Waals surface area contributed by atoms with Crippen LogP contribution < -0.4 is 0 Å². The summed E-state index contributed by atoms with van der Waals surface area (Å²) < 4.78 is 66.9. The summed E-state index contributed by atoms with van der Waals surface area (Å²) in [7, 11) is 0. The third-order valence-corrected chi connectivity index (χ3v) is 1.22. The molecule has 0 aliphatic carbocycles. The number of rotatable bonds is 3. The molecule has 1 aliphatic rings. The smallest absolute Gasteiger partial charge is 0.449 e. The van der Waals surface area contributed by atoms with E-state index >= 15 is 0 Å². The first-order chi connectivity index (χ1) is 5.91. The minimum Gasteiger partial charge on any atom is -0.466 e. The Labute approximate surface area is 69.9 Å². The number of allylic oxidation sites excluding steroid dienone is 1. The predicted molar refractivity (Wildman–Crippen MR) is 31.0 cm³/mol. The van der Waals surface area contributed by atoms with Crippen molar-refractivity contribution in [1.82, 2.24) is 0 Å². The second-order valence-electron chi connectivity index (χ2n) is 2.35. The Morgan fingerprint density at radius 3 is 2.31 bits per heavy atom. The molecule has 0 aromatic heterocycles. The van der Waals surface area contributed by atoms with Crippen LogP contribution in [-0.2, 0) is 9.47 Å². The van der Waals surface area contributed by atoms with Gasteiger partial charge >= 0.3 is 12.2 Å². The van der Waals surface area contributed by atoms with E-state index in [9.17, 15) is 22.0 Å². The highest BCUT2D eigenvalue weighted by Gasteiger charge is 2.39. The first kappa shape index (κ1) is 10.2. The van der Waals surface area contributed by atoms with Crippen molar-refractivity contribution in [2.24, 2.45) is 0 Å². The molecule has 0 aromatic rings. The van der Waals surface area contributed by atoms with E-state index in [1.807, 2.05) is 0 Å². The monoisotopic (exact) mass is 204 g/mol. The zero-order valence-corrected chi connectivity index (χ0v) is 6.20. The van der Waals surface area contributed by atoms with E-state index in [0.717, 1.165) is 0 Å². The van der Waals surface area contributed by atoms with Crippen molar-refractivity contribution in [3.05, 3.63) is 11.8 Å². The lowest BCUT2D eigenvalue weighted by Gasteiger charge is -2.05. The van der Waals surface area contributed by atoms with Gasteiger partial charge in [0.2, 0.25) is 0 Å². The Kier molecular flexibility index (Phi) is 2.74. The fourth-order valence-electron chi connectivity index (χ4n) is 0.505. The summed E-state index contributed by atoms with van der Waals surface area (Å²) in [5.74, 6) is -2.85. The molecule has 7 heteroatoms. The standard InChI is InChI=1S/C6H5F5O2/c7-4(6(9,10)11)5(8)13-2-3-1-12-3/h3H,1-2H2. The van der Waals surface area contributed by atoms with Gasteiger partial charge in [0.05, 0.1) is 6.61 Å². The predicted octanol–water partition coefficient (Wildman–Crippen LogP) is 2.07. The van der Waals surface area contributed by atoms with Crippen molar-refractivity contribution in [3.63, 3.8) is 0 Å². The molecule has 1 unspecified atom stereocenters. The fraction of sp³-hybridized carbons (Fsp3) is 0.667. The summed E-state index contributed by atoms with van der Waals surface area (Å²) in [5.41, 5.74) is 0. The van der Waals surface area contributed by atoms with Crippen LogP contribution in [0.5, 0.6) is 0 Å². The number of ether oxygens (including phenoxy) is 2. The molecule has 1 fully saturated rings. The molecule has 2 nitrogen and oxygen atoms in total. The summed E-state index contributed by atoms with van der Waals surface area (Å²) in [6.45, 7) is -0.115. The van der Waals surface area contributed by atoms with Crippen molar-refractivity contribution in [2.45, 2.75) is 12.3 Å².